The number of nitrogens with two attached hydrogens (primary N) is 1. The molecule has 18 heavy (non-hydrogen) atoms. The molecule has 0 amide bonds. The van der Waals surface area contributed by atoms with E-state index in [-0.39, 0.29) is 6.04 Å². The molecule has 2 N–H and O–H groups in total. The van der Waals surface area contributed by atoms with E-state index in [0.29, 0.717) is 12.5 Å². The van der Waals surface area contributed by atoms with Crippen molar-refractivity contribution in [1.29, 1.82) is 0 Å². The summed E-state index contributed by atoms with van der Waals surface area (Å²) in [6.07, 6.45) is 2.24. The second-order valence-corrected chi connectivity index (χ2v) is 5.55. The van der Waals surface area contributed by atoms with E-state index >= 15 is 0 Å². The first kappa shape index (κ1) is 15.0. The average molecular weight is 249 g/mol. The van der Waals surface area contributed by atoms with Crippen molar-refractivity contribution in [2.75, 3.05) is 6.61 Å². The molecule has 0 spiro atoms. The standard InChI is InChI=1S/C16H27NO/c1-5-18-16-9-7-6-8-14(16)15(17)11-13(4)10-12(2)3/h6-9,12-13,15H,5,10-11,17H2,1-4H3. The minimum atomic E-state index is 0.0708. The van der Waals surface area contributed by atoms with Crippen LogP contribution in [0.2, 0.25) is 0 Å². The van der Waals surface area contributed by atoms with E-state index in [2.05, 4.69) is 26.8 Å². The third-order valence-corrected chi connectivity index (χ3v) is 3.15. The number of hydrogen-bond donors (Lipinski definition) is 1. The molecule has 0 radical (unpaired) electrons. The van der Waals surface area contributed by atoms with Crippen molar-refractivity contribution >= 4 is 0 Å². The van der Waals surface area contributed by atoms with Gasteiger partial charge in [-0.15, -0.1) is 0 Å². The third-order valence-electron chi connectivity index (χ3n) is 3.15. The van der Waals surface area contributed by atoms with E-state index in [1.165, 1.54) is 6.42 Å². The van der Waals surface area contributed by atoms with Crippen LogP contribution in [0, 0.1) is 11.8 Å². The van der Waals surface area contributed by atoms with Gasteiger partial charge >= 0.3 is 0 Å². The zero-order valence-corrected chi connectivity index (χ0v) is 12.1. The minimum Gasteiger partial charge on any atom is -0.494 e. The van der Waals surface area contributed by atoms with Crippen molar-refractivity contribution < 1.29 is 4.74 Å². The van der Waals surface area contributed by atoms with Crippen molar-refractivity contribution in [2.24, 2.45) is 17.6 Å². The molecule has 2 unspecified atom stereocenters. The van der Waals surface area contributed by atoms with Crippen molar-refractivity contribution in [1.82, 2.24) is 0 Å². The van der Waals surface area contributed by atoms with Gasteiger partial charge in [0.15, 0.2) is 0 Å². The van der Waals surface area contributed by atoms with Gasteiger partial charge < -0.3 is 10.5 Å². The summed E-state index contributed by atoms with van der Waals surface area (Å²) >= 11 is 0. The monoisotopic (exact) mass is 249 g/mol. The largest absolute Gasteiger partial charge is 0.494 e. The maximum absolute atomic E-state index is 6.32. The van der Waals surface area contributed by atoms with Crippen LogP contribution in [-0.4, -0.2) is 6.61 Å². The van der Waals surface area contributed by atoms with Crippen LogP contribution in [0.5, 0.6) is 5.75 Å². The fraction of sp³-hybridized carbons (Fsp3) is 0.625. The molecular formula is C16H27NO. The third kappa shape index (κ3) is 4.69. The zero-order chi connectivity index (χ0) is 13.5. The fourth-order valence-corrected chi connectivity index (χ4v) is 2.54. The number of rotatable bonds is 7. The molecular weight excluding hydrogens is 222 g/mol. The molecule has 2 atom stereocenters. The molecule has 1 rings (SSSR count). The Hall–Kier alpha value is -1.02. The van der Waals surface area contributed by atoms with E-state index in [0.717, 1.165) is 23.7 Å². The molecule has 1 aromatic rings. The molecule has 2 heteroatoms. The molecule has 0 aliphatic rings. The molecule has 0 aromatic heterocycles. The second-order valence-electron chi connectivity index (χ2n) is 5.55. The fourth-order valence-electron chi connectivity index (χ4n) is 2.54. The number of hydrogen-bond acceptors (Lipinski definition) is 2. The lowest BCUT2D eigenvalue weighted by molar-refractivity contribution is 0.328. The lowest BCUT2D eigenvalue weighted by Crippen LogP contribution is -2.16. The Bertz CT molecular complexity index is 349. The highest BCUT2D eigenvalue weighted by molar-refractivity contribution is 5.35. The SMILES string of the molecule is CCOc1ccccc1C(N)CC(C)CC(C)C. The quantitative estimate of drug-likeness (QED) is 0.787. The Morgan fingerprint density at radius 3 is 2.39 bits per heavy atom. The van der Waals surface area contributed by atoms with Gasteiger partial charge in [-0.05, 0) is 37.7 Å². The van der Waals surface area contributed by atoms with Crippen LogP contribution >= 0.6 is 0 Å². The van der Waals surface area contributed by atoms with Crippen LogP contribution in [-0.2, 0) is 0 Å². The van der Waals surface area contributed by atoms with Crippen LogP contribution in [0.1, 0.15) is 52.1 Å². The average Bonchev–Trinajstić information content (AvgIpc) is 2.28. The highest BCUT2D eigenvalue weighted by Crippen LogP contribution is 2.29. The van der Waals surface area contributed by atoms with Gasteiger partial charge in [-0.1, -0.05) is 39.0 Å². The van der Waals surface area contributed by atoms with Gasteiger partial charge in [-0.25, -0.2) is 0 Å². The maximum atomic E-state index is 6.32. The van der Waals surface area contributed by atoms with Crippen LogP contribution in [0.15, 0.2) is 24.3 Å². The predicted octanol–water partition coefficient (Wildman–Crippen LogP) is 4.16. The molecule has 0 aliphatic carbocycles. The lowest BCUT2D eigenvalue weighted by atomic mass is 9.90. The van der Waals surface area contributed by atoms with Crippen molar-refractivity contribution in [2.45, 2.75) is 46.6 Å². The first-order valence-corrected chi connectivity index (χ1v) is 7.01. The molecule has 0 saturated carbocycles. The Morgan fingerprint density at radius 2 is 1.78 bits per heavy atom. The molecule has 0 saturated heterocycles. The topological polar surface area (TPSA) is 35.2 Å². The minimum absolute atomic E-state index is 0.0708. The summed E-state index contributed by atoms with van der Waals surface area (Å²) < 4.78 is 5.64. The molecule has 2 nitrogen and oxygen atoms in total. The first-order valence-electron chi connectivity index (χ1n) is 7.01. The van der Waals surface area contributed by atoms with Crippen molar-refractivity contribution in [3.63, 3.8) is 0 Å². The highest BCUT2D eigenvalue weighted by atomic mass is 16.5. The van der Waals surface area contributed by atoms with E-state index in [4.69, 9.17) is 10.5 Å². The van der Waals surface area contributed by atoms with E-state index in [1.54, 1.807) is 0 Å². The first-order chi connectivity index (χ1) is 8.54. The van der Waals surface area contributed by atoms with Gasteiger partial charge in [0.1, 0.15) is 5.75 Å². The normalized spacial score (nSPS) is 14.6. The van der Waals surface area contributed by atoms with Gasteiger partial charge in [0, 0.05) is 11.6 Å². The van der Waals surface area contributed by atoms with E-state index in [1.807, 2.05) is 25.1 Å². The molecule has 0 aliphatic heterocycles. The van der Waals surface area contributed by atoms with Crippen molar-refractivity contribution in [3.8, 4) is 5.75 Å². The highest BCUT2D eigenvalue weighted by Gasteiger charge is 2.15. The Labute approximate surface area is 112 Å². The van der Waals surface area contributed by atoms with Gasteiger partial charge in [0.25, 0.3) is 0 Å². The van der Waals surface area contributed by atoms with Crippen LogP contribution in [0.25, 0.3) is 0 Å². The summed E-state index contributed by atoms with van der Waals surface area (Å²) in [7, 11) is 0. The van der Waals surface area contributed by atoms with Gasteiger partial charge in [0.05, 0.1) is 6.61 Å². The Kier molecular flexibility index (Phi) is 6.20. The summed E-state index contributed by atoms with van der Waals surface area (Å²) in [6, 6.07) is 8.19. The van der Waals surface area contributed by atoms with E-state index in [9.17, 15) is 0 Å². The molecule has 0 heterocycles. The van der Waals surface area contributed by atoms with Crippen molar-refractivity contribution in [3.05, 3.63) is 29.8 Å². The summed E-state index contributed by atoms with van der Waals surface area (Å²) in [5, 5.41) is 0. The molecule has 0 fully saturated rings. The predicted molar refractivity (Wildman–Crippen MR) is 77.8 cm³/mol. The Balaban J connectivity index is 2.68. The van der Waals surface area contributed by atoms with Crippen LogP contribution < -0.4 is 10.5 Å². The zero-order valence-electron chi connectivity index (χ0n) is 12.1. The summed E-state index contributed by atoms with van der Waals surface area (Å²) in [5.41, 5.74) is 7.46. The Morgan fingerprint density at radius 1 is 1.11 bits per heavy atom. The van der Waals surface area contributed by atoms with Gasteiger partial charge in [-0.2, -0.15) is 0 Å². The molecule has 102 valence electrons. The molecule has 0 bridgehead atoms. The summed E-state index contributed by atoms with van der Waals surface area (Å²) in [6.45, 7) is 9.49. The van der Waals surface area contributed by atoms with Crippen LogP contribution in [0.3, 0.4) is 0 Å². The maximum Gasteiger partial charge on any atom is 0.124 e. The molecule has 1 aromatic carbocycles. The number of benzene rings is 1. The summed E-state index contributed by atoms with van der Waals surface area (Å²) in [4.78, 5) is 0. The second kappa shape index (κ2) is 7.42. The van der Waals surface area contributed by atoms with Gasteiger partial charge in [-0.3, -0.25) is 0 Å². The van der Waals surface area contributed by atoms with Crippen LogP contribution in [0.4, 0.5) is 0 Å². The lowest BCUT2D eigenvalue weighted by Gasteiger charge is -2.21. The van der Waals surface area contributed by atoms with Gasteiger partial charge in [0.2, 0.25) is 0 Å². The number of ether oxygens (including phenoxy) is 1. The van der Waals surface area contributed by atoms with E-state index < -0.39 is 0 Å². The summed E-state index contributed by atoms with van der Waals surface area (Å²) in [5.74, 6) is 2.31. The number of para-hydroxylation sites is 1. The smallest absolute Gasteiger partial charge is 0.124 e.